The summed E-state index contributed by atoms with van der Waals surface area (Å²) in [5, 5.41) is 9.90. The summed E-state index contributed by atoms with van der Waals surface area (Å²) < 4.78 is 16.1. The molecule has 7 nitrogen and oxygen atoms in total. The van der Waals surface area contributed by atoms with Gasteiger partial charge in [-0.05, 0) is 45.9 Å². The van der Waals surface area contributed by atoms with Crippen LogP contribution < -0.4 is 9.47 Å². The topological polar surface area (TPSA) is 99.1 Å². The molecule has 0 saturated carbocycles. The van der Waals surface area contributed by atoms with Crippen LogP contribution in [0.25, 0.3) is 0 Å². The van der Waals surface area contributed by atoms with Gasteiger partial charge in [-0.3, -0.25) is 14.4 Å². The van der Waals surface area contributed by atoms with Crippen molar-refractivity contribution >= 4 is 17.5 Å². The maximum atomic E-state index is 13.3. The Kier molecular flexibility index (Phi) is 7.21. The molecule has 0 heterocycles. The molecular formula is C23H28O7. The maximum absolute atomic E-state index is 13.3. The smallest absolute Gasteiger partial charge is 0.309 e. The van der Waals surface area contributed by atoms with Gasteiger partial charge in [-0.1, -0.05) is 11.6 Å². The first-order valence-electron chi connectivity index (χ1n) is 9.59. The van der Waals surface area contributed by atoms with Crippen molar-refractivity contribution in [2.75, 3.05) is 14.2 Å². The molecule has 7 heteroatoms. The average molecular weight is 416 g/mol. The third-order valence-electron chi connectivity index (χ3n) is 4.53. The van der Waals surface area contributed by atoms with Gasteiger partial charge in [-0.25, -0.2) is 0 Å². The van der Waals surface area contributed by atoms with Crippen LogP contribution >= 0.6 is 0 Å². The van der Waals surface area contributed by atoms with Crippen molar-refractivity contribution in [3.63, 3.8) is 0 Å². The van der Waals surface area contributed by atoms with Gasteiger partial charge in [0.15, 0.2) is 11.6 Å². The highest BCUT2D eigenvalue weighted by atomic mass is 16.5. The van der Waals surface area contributed by atoms with Crippen LogP contribution in [0.5, 0.6) is 11.5 Å². The van der Waals surface area contributed by atoms with E-state index >= 15 is 0 Å². The van der Waals surface area contributed by atoms with E-state index in [0.717, 1.165) is 5.57 Å². The molecule has 1 aromatic carbocycles. The molecule has 30 heavy (non-hydrogen) atoms. The van der Waals surface area contributed by atoms with Crippen LogP contribution in [0.3, 0.4) is 0 Å². The maximum Gasteiger partial charge on any atom is 0.309 e. The van der Waals surface area contributed by atoms with Gasteiger partial charge in [0.25, 0.3) is 0 Å². The average Bonchev–Trinajstić information content (AvgIpc) is 2.65. The number of Topliss-reactive ketones (excluding diaryl/α,β-unsaturated/α-hetero) is 1. The largest absolute Gasteiger partial charge is 0.496 e. The van der Waals surface area contributed by atoms with Crippen LogP contribution in [0.4, 0.5) is 0 Å². The zero-order valence-corrected chi connectivity index (χ0v) is 18.2. The van der Waals surface area contributed by atoms with E-state index in [4.69, 9.17) is 14.2 Å². The minimum absolute atomic E-state index is 0.0562. The first-order chi connectivity index (χ1) is 14.0. The monoisotopic (exact) mass is 416 g/mol. The number of allylic oxidation sites excluding steroid dienone is 2. The Morgan fingerprint density at radius 3 is 2.17 bits per heavy atom. The molecule has 1 atom stereocenters. The number of carbonyl (C=O) groups excluding carboxylic acids is 3. The first kappa shape index (κ1) is 23.3. The SMILES string of the molecule is COc1ccc(OC)c2c1C(=O)C=C([C@@H](CC=C(C)C)OC(=O)CC(C)(C)O)C2=O. The Balaban J connectivity index is 2.50. The van der Waals surface area contributed by atoms with Gasteiger partial charge in [0.05, 0.1) is 37.4 Å². The molecule has 2 rings (SSSR count). The molecule has 1 aliphatic carbocycles. The number of aliphatic hydroxyl groups is 1. The summed E-state index contributed by atoms with van der Waals surface area (Å²) in [7, 11) is 2.82. The molecule has 1 aromatic rings. The van der Waals surface area contributed by atoms with Crippen molar-refractivity contribution < 1.29 is 33.7 Å². The number of ketones is 2. The number of hydrogen-bond donors (Lipinski definition) is 1. The minimum atomic E-state index is -1.26. The second-order valence-electron chi connectivity index (χ2n) is 8.00. The van der Waals surface area contributed by atoms with Crippen LogP contribution in [0.1, 0.15) is 61.3 Å². The Morgan fingerprint density at radius 1 is 1.10 bits per heavy atom. The van der Waals surface area contributed by atoms with Gasteiger partial charge in [-0.2, -0.15) is 0 Å². The third kappa shape index (κ3) is 5.36. The van der Waals surface area contributed by atoms with Crippen LogP contribution in [0, 0.1) is 0 Å². The number of benzene rings is 1. The molecule has 1 N–H and O–H groups in total. The lowest BCUT2D eigenvalue weighted by Crippen LogP contribution is -2.32. The van der Waals surface area contributed by atoms with E-state index in [9.17, 15) is 19.5 Å². The number of methoxy groups -OCH3 is 2. The molecule has 1 aliphatic rings. The van der Waals surface area contributed by atoms with Gasteiger partial charge in [-0.15, -0.1) is 0 Å². The van der Waals surface area contributed by atoms with E-state index in [0.29, 0.717) is 0 Å². The van der Waals surface area contributed by atoms with E-state index in [1.807, 2.05) is 19.9 Å². The molecule has 162 valence electrons. The van der Waals surface area contributed by atoms with Crippen LogP contribution in [-0.4, -0.2) is 48.6 Å². The summed E-state index contributed by atoms with van der Waals surface area (Å²) in [6.07, 6.45) is 2.00. The number of hydrogen-bond acceptors (Lipinski definition) is 7. The Bertz CT molecular complexity index is 912. The van der Waals surface area contributed by atoms with Gasteiger partial charge < -0.3 is 19.3 Å². The van der Waals surface area contributed by atoms with Gasteiger partial charge in [0, 0.05) is 12.0 Å². The summed E-state index contributed by atoms with van der Waals surface area (Å²) >= 11 is 0. The molecule has 0 fully saturated rings. The third-order valence-corrected chi connectivity index (χ3v) is 4.53. The lowest BCUT2D eigenvalue weighted by atomic mass is 9.85. The standard InChI is InChI=1S/C23H28O7/c1-13(2)7-8-16(30-19(25)12-23(3,4)27)14-11-15(24)20-17(28-5)9-10-18(29-6)21(20)22(14)26/h7,9-11,16,27H,8,12H2,1-6H3/t16-/m1/s1. The normalized spacial score (nSPS) is 14.4. The molecule has 0 aliphatic heterocycles. The van der Waals surface area contributed by atoms with Crippen molar-refractivity contribution in [2.24, 2.45) is 0 Å². The van der Waals surface area contributed by atoms with Crippen LogP contribution in [-0.2, 0) is 9.53 Å². The summed E-state index contributed by atoms with van der Waals surface area (Å²) in [5.74, 6) is -1.07. The molecule has 0 radical (unpaired) electrons. The summed E-state index contributed by atoms with van der Waals surface area (Å²) in [6, 6.07) is 3.11. The zero-order chi connectivity index (χ0) is 22.6. The number of carbonyl (C=O) groups is 3. The fourth-order valence-corrected chi connectivity index (χ4v) is 3.17. The van der Waals surface area contributed by atoms with Crippen molar-refractivity contribution in [1.29, 1.82) is 0 Å². The lowest BCUT2D eigenvalue weighted by molar-refractivity contribution is -0.151. The number of fused-ring (bicyclic) bond motifs is 1. The van der Waals surface area contributed by atoms with Gasteiger partial charge >= 0.3 is 5.97 Å². The predicted octanol–water partition coefficient (Wildman–Crippen LogP) is 3.44. The minimum Gasteiger partial charge on any atom is -0.496 e. The Labute approximate surface area is 176 Å². The summed E-state index contributed by atoms with van der Waals surface area (Å²) in [5.41, 5.74) is -0.0363. The highest BCUT2D eigenvalue weighted by Gasteiger charge is 2.36. The van der Waals surface area contributed by atoms with E-state index in [2.05, 4.69) is 0 Å². The molecule has 0 aromatic heterocycles. The highest BCUT2D eigenvalue weighted by Crippen LogP contribution is 2.37. The predicted molar refractivity (Wildman–Crippen MR) is 111 cm³/mol. The Hall–Kier alpha value is -2.93. The molecule has 0 spiro atoms. The molecule has 0 saturated heterocycles. The summed E-state index contributed by atoms with van der Waals surface area (Å²) in [6.45, 7) is 6.73. The van der Waals surface area contributed by atoms with Crippen molar-refractivity contribution in [2.45, 2.75) is 52.2 Å². The fourth-order valence-electron chi connectivity index (χ4n) is 3.17. The van der Waals surface area contributed by atoms with Crippen molar-refractivity contribution in [3.8, 4) is 11.5 Å². The quantitative estimate of drug-likeness (QED) is 0.512. The lowest BCUT2D eigenvalue weighted by Gasteiger charge is -2.25. The van der Waals surface area contributed by atoms with Crippen LogP contribution in [0.15, 0.2) is 35.4 Å². The fraction of sp³-hybridized carbons (Fsp3) is 0.435. The van der Waals surface area contributed by atoms with Gasteiger partial charge in [0.1, 0.15) is 17.6 Å². The molecular weight excluding hydrogens is 388 g/mol. The van der Waals surface area contributed by atoms with Crippen molar-refractivity contribution in [3.05, 3.63) is 46.6 Å². The molecule has 0 unspecified atom stereocenters. The van der Waals surface area contributed by atoms with E-state index in [1.165, 1.54) is 34.1 Å². The van der Waals surface area contributed by atoms with E-state index < -0.39 is 29.2 Å². The molecule has 0 amide bonds. The van der Waals surface area contributed by atoms with E-state index in [1.54, 1.807) is 12.1 Å². The number of esters is 1. The molecule has 0 bridgehead atoms. The first-order valence-corrected chi connectivity index (χ1v) is 9.59. The zero-order valence-electron chi connectivity index (χ0n) is 18.2. The number of rotatable bonds is 8. The second kappa shape index (κ2) is 9.26. The van der Waals surface area contributed by atoms with E-state index in [-0.39, 0.29) is 41.0 Å². The second-order valence-corrected chi connectivity index (χ2v) is 8.00. The van der Waals surface area contributed by atoms with Crippen LogP contribution in [0.2, 0.25) is 0 Å². The highest BCUT2D eigenvalue weighted by molar-refractivity contribution is 6.27. The summed E-state index contributed by atoms with van der Waals surface area (Å²) in [4.78, 5) is 38.6. The number of ether oxygens (including phenoxy) is 3. The Morgan fingerprint density at radius 2 is 1.67 bits per heavy atom. The van der Waals surface area contributed by atoms with Gasteiger partial charge in [0.2, 0.25) is 0 Å². The van der Waals surface area contributed by atoms with Crippen molar-refractivity contribution in [1.82, 2.24) is 0 Å².